The first-order valence-corrected chi connectivity index (χ1v) is 8.94. The number of ether oxygens (including phenoxy) is 2. The van der Waals surface area contributed by atoms with E-state index in [9.17, 15) is 0 Å². The van der Waals surface area contributed by atoms with Crippen LogP contribution in [0, 0.1) is 6.92 Å². The van der Waals surface area contributed by atoms with Gasteiger partial charge in [0, 0.05) is 19.3 Å². The summed E-state index contributed by atoms with van der Waals surface area (Å²) in [4.78, 5) is 6.69. The molecule has 1 aliphatic rings. The van der Waals surface area contributed by atoms with E-state index < -0.39 is 0 Å². The van der Waals surface area contributed by atoms with Crippen molar-refractivity contribution in [3.05, 3.63) is 47.7 Å². The van der Waals surface area contributed by atoms with Crippen LogP contribution in [-0.2, 0) is 6.42 Å². The number of aromatic nitrogens is 1. The Labute approximate surface area is 150 Å². The molecule has 0 bridgehead atoms. The van der Waals surface area contributed by atoms with Crippen molar-refractivity contribution in [3.8, 4) is 11.5 Å². The van der Waals surface area contributed by atoms with Crippen LogP contribution in [0.2, 0.25) is 0 Å². The average molecular weight is 343 g/mol. The Bertz CT molecular complexity index is 644. The molecule has 5 nitrogen and oxygen atoms in total. The fraction of sp³-hybridized carbons (Fsp3) is 0.450. The molecule has 1 aromatic heterocycles. The predicted molar refractivity (Wildman–Crippen MR) is 102 cm³/mol. The van der Waals surface area contributed by atoms with E-state index in [0.29, 0.717) is 13.3 Å². The number of nitrogens with zero attached hydrogens (tertiary/aromatic N) is 2. The first-order chi connectivity index (χ1) is 12.2. The monoisotopic (exact) mass is 343 g/mol. The highest BCUT2D eigenvalue weighted by Gasteiger charge is 2.15. The largest absolute Gasteiger partial charge is 0.454 e. The van der Waals surface area contributed by atoms with E-state index in [1.807, 2.05) is 24.4 Å². The summed E-state index contributed by atoms with van der Waals surface area (Å²) in [6.07, 6.45) is 3.93. The van der Waals surface area contributed by atoms with Gasteiger partial charge in [-0.2, -0.15) is 0 Å². The zero-order valence-corrected chi connectivity index (χ0v) is 15.5. The van der Waals surface area contributed by atoms with Crippen molar-refractivity contribution in [1.29, 1.82) is 0 Å². The molecule has 0 radical (unpaired) electrons. The van der Waals surface area contributed by atoms with Gasteiger partial charge in [-0.1, -0.05) is 25.1 Å². The number of anilines is 1. The SMILES string of the molecule is CCCN(CC)c1ccc(C)cn1.NCCc1cccc2c1OCO2. The smallest absolute Gasteiger partial charge is 0.231 e. The van der Waals surface area contributed by atoms with Gasteiger partial charge in [-0.15, -0.1) is 0 Å². The molecule has 0 saturated carbocycles. The maximum atomic E-state index is 5.46. The summed E-state index contributed by atoms with van der Waals surface area (Å²) in [6.45, 7) is 9.51. The summed E-state index contributed by atoms with van der Waals surface area (Å²) in [6, 6.07) is 10.1. The fourth-order valence-electron chi connectivity index (χ4n) is 2.69. The predicted octanol–water partition coefficient (Wildman–Crippen LogP) is 3.54. The zero-order valence-electron chi connectivity index (χ0n) is 15.5. The lowest BCUT2D eigenvalue weighted by Crippen LogP contribution is -2.24. The van der Waals surface area contributed by atoms with Crippen LogP contribution in [0.25, 0.3) is 0 Å². The van der Waals surface area contributed by atoms with Crippen LogP contribution in [0.15, 0.2) is 36.5 Å². The molecule has 0 saturated heterocycles. The van der Waals surface area contributed by atoms with Crippen LogP contribution in [0.1, 0.15) is 31.4 Å². The maximum absolute atomic E-state index is 5.46. The Hall–Kier alpha value is -2.27. The molecule has 5 heteroatoms. The van der Waals surface area contributed by atoms with E-state index in [2.05, 4.69) is 42.8 Å². The molecular formula is C20H29N3O2. The topological polar surface area (TPSA) is 60.6 Å². The van der Waals surface area contributed by atoms with Gasteiger partial charge in [0.25, 0.3) is 0 Å². The molecule has 1 aliphatic heterocycles. The first-order valence-electron chi connectivity index (χ1n) is 8.94. The van der Waals surface area contributed by atoms with Gasteiger partial charge in [-0.25, -0.2) is 4.98 Å². The van der Waals surface area contributed by atoms with E-state index in [4.69, 9.17) is 15.2 Å². The molecule has 1 aromatic carbocycles. The van der Waals surface area contributed by atoms with Crippen molar-refractivity contribution < 1.29 is 9.47 Å². The Morgan fingerprint density at radius 2 is 2.00 bits per heavy atom. The second-order valence-corrected chi connectivity index (χ2v) is 5.96. The van der Waals surface area contributed by atoms with E-state index in [1.54, 1.807) is 0 Å². The highest BCUT2D eigenvalue weighted by atomic mass is 16.7. The normalized spacial score (nSPS) is 11.7. The lowest BCUT2D eigenvalue weighted by molar-refractivity contribution is 0.173. The molecule has 0 spiro atoms. The molecule has 0 fully saturated rings. The van der Waals surface area contributed by atoms with Crippen molar-refractivity contribution in [3.63, 3.8) is 0 Å². The minimum atomic E-state index is 0.330. The van der Waals surface area contributed by atoms with Crippen molar-refractivity contribution in [2.75, 3.05) is 31.3 Å². The zero-order chi connectivity index (χ0) is 18.1. The molecule has 2 heterocycles. The lowest BCUT2D eigenvalue weighted by atomic mass is 10.1. The maximum Gasteiger partial charge on any atom is 0.231 e. The van der Waals surface area contributed by atoms with E-state index in [-0.39, 0.29) is 0 Å². The standard InChI is InChI=1S/C11H18N2.C9H11NO2/c1-4-8-13(5-2)11-7-6-10(3)9-12-11;10-5-4-7-2-1-3-8-9(7)12-6-11-8/h6-7,9H,4-5,8H2,1-3H3;1-3H,4-6,10H2. The Morgan fingerprint density at radius 3 is 2.64 bits per heavy atom. The number of rotatable bonds is 6. The van der Waals surface area contributed by atoms with Gasteiger partial charge in [0.15, 0.2) is 11.5 Å². The minimum absolute atomic E-state index is 0.330. The second-order valence-electron chi connectivity index (χ2n) is 5.96. The number of pyridine rings is 1. The number of hydrogen-bond donors (Lipinski definition) is 1. The van der Waals surface area contributed by atoms with Gasteiger partial charge >= 0.3 is 0 Å². The van der Waals surface area contributed by atoms with Crippen LogP contribution >= 0.6 is 0 Å². The number of fused-ring (bicyclic) bond motifs is 1. The molecule has 0 amide bonds. The molecule has 2 N–H and O–H groups in total. The van der Waals surface area contributed by atoms with Crippen molar-refractivity contribution in [2.24, 2.45) is 5.73 Å². The number of hydrogen-bond acceptors (Lipinski definition) is 5. The highest BCUT2D eigenvalue weighted by molar-refractivity contribution is 5.48. The third kappa shape index (κ3) is 5.36. The lowest BCUT2D eigenvalue weighted by Gasteiger charge is -2.20. The van der Waals surface area contributed by atoms with Crippen LogP contribution in [0.4, 0.5) is 5.82 Å². The van der Waals surface area contributed by atoms with Crippen LogP contribution < -0.4 is 20.1 Å². The number of aryl methyl sites for hydroxylation is 1. The number of para-hydroxylation sites is 1. The van der Waals surface area contributed by atoms with E-state index in [0.717, 1.165) is 42.4 Å². The summed E-state index contributed by atoms with van der Waals surface area (Å²) in [7, 11) is 0. The van der Waals surface area contributed by atoms with Crippen molar-refractivity contribution in [2.45, 2.75) is 33.6 Å². The minimum Gasteiger partial charge on any atom is -0.454 e. The number of nitrogens with two attached hydrogens (primary N) is 1. The first kappa shape index (κ1) is 19.1. The van der Waals surface area contributed by atoms with Crippen molar-refractivity contribution in [1.82, 2.24) is 4.98 Å². The Balaban J connectivity index is 0.000000181. The Morgan fingerprint density at radius 1 is 1.16 bits per heavy atom. The molecule has 25 heavy (non-hydrogen) atoms. The third-order valence-electron chi connectivity index (χ3n) is 3.99. The molecule has 0 atom stereocenters. The van der Waals surface area contributed by atoms with Gasteiger partial charge in [0.1, 0.15) is 5.82 Å². The summed E-state index contributed by atoms with van der Waals surface area (Å²) in [5.74, 6) is 2.79. The van der Waals surface area contributed by atoms with Gasteiger partial charge in [-0.3, -0.25) is 0 Å². The van der Waals surface area contributed by atoms with Gasteiger partial charge in [-0.05, 0) is 56.5 Å². The summed E-state index contributed by atoms with van der Waals surface area (Å²) < 4.78 is 10.5. The van der Waals surface area contributed by atoms with E-state index in [1.165, 1.54) is 12.0 Å². The quantitative estimate of drug-likeness (QED) is 0.869. The fourth-order valence-corrected chi connectivity index (χ4v) is 2.69. The second kappa shape index (κ2) is 9.89. The average Bonchev–Trinajstić information content (AvgIpc) is 3.11. The summed E-state index contributed by atoms with van der Waals surface area (Å²) >= 11 is 0. The van der Waals surface area contributed by atoms with Gasteiger partial charge in [0.2, 0.25) is 6.79 Å². The Kier molecular flexibility index (Phi) is 7.54. The van der Waals surface area contributed by atoms with Gasteiger partial charge in [0.05, 0.1) is 0 Å². The molecule has 3 rings (SSSR count). The van der Waals surface area contributed by atoms with Crippen LogP contribution in [0.3, 0.4) is 0 Å². The molecule has 0 aliphatic carbocycles. The summed E-state index contributed by atoms with van der Waals surface area (Å²) in [5.41, 5.74) is 7.81. The molecule has 2 aromatic rings. The van der Waals surface area contributed by atoms with Crippen LogP contribution in [0.5, 0.6) is 11.5 Å². The molecule has 0 unspecified atom stereocenters. The van der Waals surface area contributed by atoms with Crippen LogP contribution in [-0.4, -0.2) is 31.4 Å². The third-order valence-corrected chi connectivity index (χ3v) is 3.99. The number of benzene rings is 1. The van der Waals surface area contributed by atoms with E-state index >= 15 is 0 Å². The van der Waals surface area contributed by atoms with Gasteiger partial charge < -0.3 is 20.1 Å². The molecule has 136 valence electrons. The highest BCUT2D eigenvalue weighted by Crippen LogP contribution is 2.35. The van der Waals surface area contributed by atoms with Crippen molar-refractivity contribution >= 4 is 5.82 Å². The summed E-state index contributed by atoms with van der Waals surface area (Å²) in [5, 5.41) is 0. The molecular weight excluding hydrogens is 314 g/mol.